The van der Waals surface area contributed by atoms with Crippen molar-refractivity contribution in [2.24, 2.45) is 0 Å². The standard InChI is InChI=1S/C24H18F4N2O2S/c1-2-32-23(31)16-6-7-21-20(11-16)29-24(30(21)12-14-4-3-5-17(25)8-14)33-13-15-9-18(26)22(28)19(27)10-15/h3-11H,2,12-13H2,1H3. The molecule has 0 bridgehead atoms. The first-order valence-electron chi connectivity index (χ1n) is 10.0. The van der Waals surface area contributed by atoms with Crippen molar-refractivity contribution in [2.75, 3.05) is 6.61 Å². The zero-order valence-corrected chi connectivity index (χ0v) is 18.3. The molecule has 3 aromatic carbocycles. The number of nitrogens with zero attached hydrogens (tertiary/aromatic N) is 2. The zero-order chi connectivity index (χ0) is 23.5. The molecule has 0 atom stereocenters. The van der Waals surface area contributed by atoms with Gasteiger partial charge < -0.3 is 9.30 Å². The lowest BCUT2D eigenvalue weighted by Gasteiger charge is -2.10. The molecule has 0 unspecified atom stereocenters. The Balaban J connectivity index is 1.71. The van der Waals surface area contributed by atoms with Crippen LogP contribution in [0.25, 0.3) is 11.0 Å². The van der Waals surface area contributed by atoms with Crippen LogP contribution in [-0.4, -0.2) is 22.1 Å². The predicted molar refractivity (Wildman–Crippen MR) is 117 cm³/mol. The van der Waals surface area contributed by atoms with Crippen LogP contribution in [0.5, 0.6) is 0 Å². The van der Waals surface area contributed by atoms with Crippen LogP contribution in [0.3, 0.4) is 0 Å². The minimum absolute atomic E-state index is 0.116. The summed E-state index contributed by atoms with van der Waals surface area (Å²) in [6.07, 6.45) is 0. The predicted octanol–water partition coefficient (Wildman–Crippen LogP) is 6.11. The third kappa shape index (κ3) is 5.03. The Labute approximate surface area is 191 Å². The van der Waals surface area contributed by atoms with E-state index >= 15 is 0 Å². The molecule has 0 radical (unpaired) electrons. The number of esters is 1. The first-order valence-corrected chi connectivity index (χ1v) is 11.0. The highest BCUT2D eigenvalue weighted by atomic mass is 32.2. The Morgan fingerprint density at radius 3 is 2.45 bits per heavy atom. The number of benzene rings is 3. The van der Waals surface area contributed by atoms with E-state index in [-0.39, 0.29) is 30.3 Å². The van der Waals surface area contributed by atoms with Crippen LogP contribution >= 0.6 is 11.8 Å². The summed E-state index contributed by atoms with van der Waals surface area (Å²) in [6, 6.07) is 12.9. The maximum Gasteiger partial charge on any atom is 0.338 e. The van der Waals surface area contributed by atoms with Crippen molar-refractivity contribution in [3.8, 4) is 0 Å². The van der Waals surface area contributed by atoms with Crippen LogP contribution < -0.4 is 0 Å². The number of fused-ring (bicyclic) bond motifs is 1. The molecule has 0 saturated carbocycles. The Bertz CT molecular complexity index is 1320. The van der Waals surface area contributed by atoms with Crippen LogP contribution in [0, 0.1) is 23.3 Å². The molecule has 4 rings (SSSR count). The Morgan fingerprint density at radius 2 is 1.76 bits per heavy atom. The molecule has 9 heteroatoms. The molecule has 1 aromatic heterocycles. The van der Waals surface area contributed by atoms with E-state index in [1.54, 1.807) is 37.3 Å². The number of aromatic nitrogens is 2. The number of ether oxygens (including phenoxy) is 1. The number of hydrogen-bond donors (Lipinski definition) is 0. The second-order valence-electron chi connectivity index (χ2n) is 7.20. The van der Waals surface area contributed by atoms with Gasteiger partial charge in [-0.15, -0.1) is 0 Å². The number of halogens is 4. The lowest BCUT2D eigenvalue weighted by molar-refractivity contribution is 0.0526. The lowest BCUT2D eigenvalue weighted by atomic mass is 10.2. The monoisotopic (exact) mass is 474 g/mol. The summed E-state index contributed by atoms with van der Waals surface area (Å²) in [7, 11) is 0. The first-order chi connectivity index (χ1) is 15.9. The van der Waals surface area contributed by atoms with Crippen LogP contribution in [0.4, 0.5) is 17.6 Å². The summed E-state index contributed by atoms with van der Waals surface area (Å²) in [6.45, 7) is 2.22. The molecule has 0 amide bonds. The third-order valence-electron chi connectivity index (χ3n) is 4.87. The van der Waals surface area contributed by atoms with Gasteiger partial charge >= 0.3 is 5.97 Å². The molecule has 170 valence electrons. The largest absolute Gasteiger partial charge is 0.462 e. The average molecular weight is 474 g/mol. The van der Waals surface area contributed by atoms with E-state index in [1.165, 1.54) is 23.9 Å². The highest BCUT2D eigenvalue weighted by Crippen LogP contribution is 2.29. The number of carbonyl (C=O) groups is 1. The van der Waals surface area contributed by atoms with Gasteiger partial charge in [-0.3, -0.25) is 0 Å². The fourth-order valence-electron chi connectivity index (χ4n) is 3.37. The van der Waals surface area contributed by atoms with Gasteiger partial charge in [0.05, 0.1) is 29.7 Å². The Morgan fingerprint density at radius 1 is 1.00 bits per heavy atom. The van der Waals surface area contributed by atoms with Crippen molar-refractivity contribution in [3.05, 3.63) is 94.6 Å². The van der Waals surface area contributed by atoms with Gasteiger partial charge in [0.1, 0.15) is 5.82 Å². The molecular formula is C24H18F4N2O2S. The van der Waals surface area contributed by atoms with Crippen molar-refractivity contribution in [1.82, 2.24) is 9.55 Å². The summed E-state index contributed by atoms with van der Waals surface area (Å²) >= 11 is 1.18. The quantitative estimate of drug-likeness (QED) is 0.140. The van der Waals surface area contributed by atoms with Gasteiger partial charge in [-0.05, 0) is 60.5 Å². The maximum absolute atomic E-state index is 13.7. The van der Waals surface area contributed by atoms with E-state index in [4.69, 9.17) is 4.74 Å². The van der Waals surface area contributed by atoms with Gasteiger partial charge in [-0.1, -0.05) is 23.9 Å². The summed E-state index contributed by atoms with van der Waals surface area (Å²) in [5, 5.41) is 0.486. The first kappa shape index (κ1) is 22.8. The van der Waals surface area contributed by atoms with Crippen molar-refractivity contribution in [1.29, 1.82) is 0 Å². The molecule has 0 aliphatic heterocycles. The molecule has 4 nitrogen and oxygen atoms in total. The minimum atomic E-state index is -1.52. The van der Waals surface area contributed by atoms with Crippen molar-refractivity contribution < 1.29 is 27.1 Å². The average Bonchev–Trinajstić information content (AvgIpc) is 3.12. The number of hydrogen-bond acceptors (Lipinski definition) is 4. The number of imidazole rings is 1. The van der Waals surface area contributed by atoms with E-state index in [2.05, 4.69) is 4.98 Å². The summed E-state index contributed by atoms with van der Waals surface area (Å²) < 4.78 is 61.0. The molecule has 0 saturated heterocycles. The van der Waals surface area contributed by atoms with Gasteiger partial charge in [0, 0.05) is 5.75 Å². The molecular weight excluding hydrogens is 456 g/mol. The van der Waals surface area contributed by atoms with E-state index in [0.29, 0.717) is 27.3 Å². The Kier molecular flexibility index (Phi) is 6.69. The summed E-state index contributed by atoms with van der Waals surface area (Å²) in [5.41, 5.74) is 2.46. The molecule has 0 aliphatic rings. The number of carbonyl (C=O) groups excluding carboxylic acids is 1. The normalized spacial score (nSPS) is 11.2. The second kappa shape index (κ2) is 9.66. The highest BCUT2D eigenvalue weighted by molar-refractivity contribution is 7.98. The van der Waals surface area contributed by atoms with Crippen molar-refractivity contribution in [2.45, 2.75) is 24.4 Å². The SMILES string of the molecule is CCOC(=O)c1ccc2c(c1)nc(SCc1cc(F)c(F)c(F)c1)n2Cc1cccc(F)c1. The summed E-state index contributed by atoms with van der Waals surface area (Å²) in [5.74, 6) is -4.80. The lowest BCUT2D eigenvalue weighted by Crippen LogP contribution is -2.05. The fourth-order valence-corrected chi connectivity index (χ4v) is 4.31. The van der Waals surface area contributed by atoms with Crippen molar-refractivity contribution >= 4 is 28.8 Å². The van der Waals surface area contributed by atoms with Crippen LogP contribution in [-0.2, 0) is 17.0 Å². The number of thioether (sulfide) groups is 1. The molecule has 0 spiro atoms. The molecule has 4 aromatic rings. The summed E-state index contributed by atoms with van der Waals surface area (Å²) in [4.78, 5) is 16.7. The fraction of sp³-hybridized carbons (Fsp3) is 0.167. The van der Waals surface area contributed by atoms with Gasteiger partial charge in [0.2, 0.25) is 0 Å². The second-order valence-corrected chi connectivity index (χ2v) is 8.14. The number of rotatable bonds is 7. The maximum atomic E-state index is 13.7. The van der Waals surface area contributed by atoms with Crippen LogP contribution in [0.2, 0.25) is 0 Å². The van der Waals surface area contributed by atoms with E-state index < -0.39 is 23.4 Å². The molecule has 1 heterocycles. The van der Waals surface area contributed by atoms with Crippen LogP contribution in [0.15, 0.2) is 59.8 Å². The third-order valence-corrected chi connectivity index (χ3v) is 5.91. The van der Waals surface area contributed by atoms with Gasteiger partial charge in [0.25, 0.3) is 0 Å². The molecule has 0 N–H and O–H groups in total. The highest BCUT2D eigenvalue weighted by Gasteiger charge is 2.17. The van der Waals surface area contributed by atoms with Gasteiger partial charge in [0.15, 0.2) is 22.6 Å². The van der Waals surface area contributed by atoms with E-state index in [9.17, 15) is 22.4 Å². The topological polar surface area (TPSA) is 44.1 Å². The molecule has 0 aliphatic carbocycles. The van der Waals surface area contributed by atoms with Gasteiger partial charge in [-0.2, -0.15) is 0 Å². The minimum Gasteiger partial charge on any atom is -0.462 e. The molecule has 0 fully saturated rings. The smallest absolute Gasteiger partial charge is 0.338 e. The van der Waals surface area contributed by atoms with Crippen LogP contribution in [0.1, 0.15) is 28.4 Å². The zero-order valence-electron chi connectivity index (χ0n) is 17.4. The Hall–Kier alpha value is -3.33. The van der Waals surface area contributed by atoms with E-state index in [0.717, 1.165) is 12.1 Å². The van der Waals surface area contributed by atoms with Gasteiger partial charge in [-0.25, -0.2) is 27.3 Å². The van der Waals surface area contributed by atoms with Crippen molar-refractivity contribution in [3.63, 3.8) is 0 Å². The van der Waals surface area contributed by atoms with E-state index in [1.807, 2.05) is 4.57 Å². The molecule has 33 heavy (non-hydrogen) atoms.